The van der Waals surface area contributed by atoms with Crippen molar-refractivity contribution in [3.63, 3.8) is 0 Å². The number of nitrogens with one attached hydrogen (secondary N) is 1. The third-order valence-corrected chi connectivity index (χ3v) is 3.52. The van der Waals surface area contributed by atoms with Gasteiger partial charge in [0, 0.05) is 30.6 Å². The van der Waals surface area contributed by atoms with E-state index in [4.69, 9.17) is 4.74 Å². The number of fused-ring (bicyclic) bond motifs is 1. The minimum atomic E-state index is -0.0309. The van der Waals surface area contributed by atoms with Crippen LogP contribution in [0.15, 0.2) is 6.20 Å². The van der Waals surface area contributed by atoms with Gasteiger partial charge in [0.15, 0.2) is 5.82 Å². The smallest absolute Gasteiger partial charge is 0.157 e. The number of hydrogen-bond donors (Lipinski definition) is 1. The lowest BCUT2D eigenvalue weighted by Gasteiger charge is -2.17. The number of methoxy groups -OCH3 is 1. The molecule has 17 heavy (non-hydrogen) atoms. The van der Waals surface area contributed by atoms with E-state index in [1.807, 2.05) is 20.2 Å². The summed E-state index contributed by atoms with van der Waals surface area (Å²) in [6.45, 7) is 1.98. The minimum Gasteiger partial charge on any atom is -0.374 e. The highest BCUT2D eigenvalue weighted by Crippen LogP contribution is 2.27. The van der Waals surface area contributed by atoms with E-state index in [2.05, 4.69) is 15.3 Å². The van der Waals surface area contributed by atoms with Gasteiger partial charge in [-0.05, 0) is 33.2 Å². The fraction of sp³-hybridized carbons (Fsp3) is 0.692. The van der Waals surface area contributed by atoms with Crippen LogP contribution in [-0.2, 0) is 11.2 Å². The molecule has 0 aliphatic heterocycles. The van der Waals surface area contributed by atoms with Crippen molar-refractivity contribution in [2.24, 2.45) is 0 Å². The summed E-state index contributed by atoms with van der Waals surface area (Å²) in [5.41, 5.74) is 2.45. The van der Waals surface area contributed by atoms with E-state index in [0.717, 1.165) is 12.2 Å². The van der Waals surface area contributed by atoms with E-state index in [1.165, 1.54) is 30.5 Å². The predicted octanol–water partition coefficient (Wildman–Crippen LogP) is 2.17. The third kappa shape index (κ3) is 2.64. The number of rotatable bonds is 3. The summed E-state index contributed by atoms with van der Waals surface area (Å²) in [6.07, 6.45) is 6.63. The first kappa shape index (κ1) is 12.5. The Morgan fingerprint density at radius 2 is 2.29 bits per heavy atom. The summed E-state index contributed by atoms with van der Waals surface area (Å²) in [4.78, 5) is 9.09. The maximum Gasteiger partial charge on any atom is 0.157 e. The van der Waals surface area contributed by atoms with Gasteiger partial charge in [0.1, 0.15) is 6.10 Å². The first-order chi connectivity index (χ1) is 8.26. The van der Waals surface area contributed by atoms with E-state index in [-0.39, 0.29) is 6.10 Å². The van der Waals surface area contributed by atoms with Crippen LogP contribution >= 0.6 is 0 Å². The number of nitrogens with zero attached hydrogens (tertiary/aromatic N) is 2. The average Bonchev–Trinajstić information content (AvgIpc) is 2.58. The SMILES string of the molecule is CNC1CCCCc2nc(C(C)OC)ncc21. The molecule has 0 saturated heterocycles. The van der Waals surface area contributed by atoms with Gasteiger partial charge in [0.05, 0.1) is 0 Å². The second-order valence-corrected chi connectivity index (χ2v) is 4.60. The number of aryl methyl sites for hydroxylation is 1. The molecule has 0 aromatic carbocycles. The van der Waals surface area contributed by atoms with Crippen LogP contribution in [0.25, 0.3) is 0 Å². The van der Waals surface area contributed by atoms with Gasteiger partial charge in [-0.15, -0.1) is 0 Å². The highest BCUT2D eigenvalue weighted by atomic mass is 16.5. The second-order valence-electron chi connectivity index (χ2n) is 4.60. The van der Waals surface area contributed by atoms with Crippen LogP contribution in [0.1, 0.15) is 55.4 Å². The van der Waals surface area contributed by atoms with Gasteiger partial charge >= 0.3 is 0 Å². The Morgan fingerprint density at radius 3 is 3.00 bits per heavy atom. The van der Waals surface area contributed by atoms with E-state index in [0.29, 0.717) is 6.04 Å². The molecule has 0 radical (unpaired) electrons. The van der Waals surface area contributed by atoms with Crippen molar-refractivity contribution in [2.75, 3.05) is 14.2 Å². The molecule has 2 rings (SSSR count). The quantitative estimate of drug-likeness (QED) is 0.816. The molecule has 1 aromatic rings. The Labute approximate surface area is 103 Å². The van der Waals surface area contributed by atoms with Gasteiger partial charge < -0.3 is 10.1 Å². The predicted molar refractivity (Wildman–Crippen MR) is 66.8 cm³/mol. The molecule has 0 fully saturated rings. The summed E-state index contributed by atoms with van der Waals surface area (Å²) in [5.74, 6) is 0.794. The lowest BCUT2D eigenvalue weighted by atomic mass is 10.1. The van der Waals surface area contributed by atoms with Crippen molar-refractivity contribution in [1.82, 2.24) is 15.3 Å². The molecule has 94 valence electrons. The van der Waals surface area contributed by atoms with Gasteiger partial charge in [-0.1, -0.05) is 6.42 Å². The highest BCUT2D eigenvalue weighted by molar-refractivity contribution is 5.23. The van der Waals surface area contributed by atoms with Crippen LogP contribution in [0.2, 0.25) is 0 Å². The summed E-state index contributed by atoms with van der Waals surface area (Å²) in [6, 6.07) is 0.402. The summed E-state index contributed by atoms with van der Waals surface area (Å²) >= 11 is 0. The van der Waals surface area contributed by atoms with Crippen LogP contribution in [0.3, 0.4) is 0 Å². The minimum absolute atomic E-state index is 0.0309. The molecule has 2 unspecified atom stereocenters. The Hall–Kier alpha value is -1.00. The van der Waals surface area contributed by atoms with Crippen LogP contribution < -0.4 is 5.32 Å². The first-order valence-electron chi connectivity index (χ1n) is 6.32. The van der Waals surface area contributed by atoms with Crippen molar-refractivity contribution in [1.29, 1.82) is 0 Å². The van der Waals surface area contributed by atoms with Crippen LogP contribution in [0.4, 0.5) is 0 Å². The molecular formula is C13H21N3O. The Morgan fingerprint density at radius 1 is 1.47 bits per heavy atom. The van der Waals surface area contributed by atoms with Crippen molar-refractivity contribution in [3.05, 3.63) is 23.3 Å². The Bertz CT molecular complexity index is 381. The zero-order valence-corrected chi connectivity index (χ0v) is 10.9. The van der Waals surface area contributed by atoms with Crippen molar-refractivity contribution >= 4 is 0 Å². The molecular weight excluding hydrogens is 214 g/mol. The molecule has 1 aliphatic rings. The van der Waals surface area contributed by atoms with E-state index < -0.39 is 0 Å². The molecule has 1 N–H and O–H groups in total. The summed E-state index contributed by atoms with van der Waals surface area (Å²) in [5, 5.41) is 3.35. The third-order valence-electron chi connectivity index (χ3n) is 3.52. The van der Waals surface area contributed by atoms with E-state index >= 15 is 0 Å². The zero-order chi connectivity index (χ0) is 12.3. The fourth-order valence-electron chi connectivity index (χ4n) is 2.33. The molecule has 1 aromatic heterocycles. The highest BCUT2D eigenvalue weighted by Gasteiger charge is 2.20. The average molecular weight is 235 g/mol. The summed E-state index contributed by atoms with van der Waals surface area (Å²) in [7, 11) is 3.70. The van der Waals surface area contributed by atoms with E-state index in [1.54, 1.807) is 7.11 Å². The Balaban J connectivity index is 2.33. The normalized spacial score (nSPS) is 21.7. The standard InChI is InChI=1S/C13H21N3O/c1-9(17-3)13-15-8-10-11(14-2)6-4-5-7-12(10)16-13/h8-9,11,14H,4-7H2,1-3H3. The molecule has 1 aliphatic carbocycles. The molecule has 0 spiro atoms. The molecule has 0 bridgehead atoms. The monoisotopic (exact) mass is 235 g/mol. The lowest BCUT2D eigenvalue weighted by molar-refractivity contribution is 0.111. The number of ether oxygens (including phenoxy) is 1. The van der Waals surface area contributed by atoms with Crippen molar-refractivity contribution in [3.8, 4) is 0 Å². The van der Waals surface area contributed by atoms with Gasteiger partial charge in [-0.2, -0.15) is 0 Å². The van der Waals surface area contributed by atoms with Crippen molar-refractivity contribution < 1.29 is 4.74 Å². The number of hydrogen-bond acceptors (Lipinski definition) is 4. The van der Waals surface area contributed by atoms with Crippen LogP contribution in [0, 0.1) is 0 Å². The molecule has 4 heteroatoms. The Kier molecular flexibility index (Phi) is 4.07. The molecule has 2 atom stereocenters. The zero-order valence-electron chi connectivity index (χ0n) is 10.9. The molecule has 1 heterocycles. The molecule has 0 saturated carbocycles. The topological polar surface area (TPSA) is 47.0 Å². The molecule has 0 amide bonds. The van der Waals surface area contributed by atoms with Crippen molar-refractivity contribution in [2.45, 2.75) is 44.8 Å². The van der Waals surface area contributed by atoms with Gasteiger partial charge in [0.2, 0.25) is 0 Å². The van der Waals surface area contributed by atoms with Gasteiger partial charge in [-0.25, -0.2) is 9.97 Å². The maximum atomic E-state index is 5.27. The van der Waals surface area contributed by atoms with Gasteiger partial charge in [-0.3, -0.25) is 0 Å². The fourth-order valence-corrected chi connectivity index (χ4v) is 2.33. The summed E-state index contributed by atoms with van der Waals surface area (Å²) < 4.78 is 5.27. The first-order valence-corrected chi connectivity index (χ1v) is 6.32. The largest absolute Gasteiger partial charge is 0.374 e. The number of aromatic nitrogens is 2. The maximum absolute atomic E-state index is 5.27. The van der Waals surface area contributed by atoms with Crippen LogP contribution in [-0.4, -0.2) is 24.1 Å². The molecule has 4 nitrogen and oxygen atoms in total. The van der Waals surface area contributed by atoms with E-state index in [9.17, 15) is 0 Å². The second kappa shape index (κ2) is 5.56. The van der Waals surface area contributed by atoms with Gasteiger partial charge in [0.25, 0.3) is 0 Å². The van der Waals surface area contributed by atoms with Crippen LogP contribution in [0.5, 0.6) is 0 Å². The lowest BCUT2D eigenvalue weighted by Crippen LogP contribution is -2.18.